The molecule has 0 radical (unpaired) electrons. The van der Waals surface area contributed by atoms with E-state index in [0.717, 1.165) is 17.7 Å². The fraction of sp³-hybridized carbons (Fsp3) is 0.636. The van der Waals surface area contributed by atoms with Crippen LogP contribution in [-0.2, 0) is 17.6 Å². The van der Waals surface area contributed by atoms with Crippen molar-refractivity contribution in [2.45, 2.75) is 32.9 Å². The smallest absolute Gasteiger partial charge is 0.372 e. The minimum absolute atomic E-state index is 0.0390. The van der Waals surface area contributed by atoms with Crippen molar-refractivity contribution in [1.82, 2.24) is 9.97 Å². The normalized spacial score (nSPS) is 11.8. The molecule has 0 atom stereocenters. The second-order valence-electron chi connectivity index (χ2n) is 3.86. The van der Waals surface area contributed by atoms with Gasteiger partial charge >= 0.3 is 6.18 Å². The topological polar surface area (TPSA) is 37.9 Å². The maximum Gasteiger partial charge on any atom is 0.411 e. The van der Waals surface area contributed by atoms with Gasteiger partial charge in [0.1, 0.15) is 17.1 Å². The Kier molecular flexibility index (Phi) is 5.28. The van der Waals surface area contributed by atoms with Gasteiger partial charge in [0.05, 0.1) is 6.61 Å². The van der Waals surface area contributed by atoms with Crippen LogP contribution in [0.3, 0.4) is 0 Å². The van der Waals surface area contributed by atoms with E-state index in [1.54, 1.807) is 0 Å². The van der Waals surface area contributed by atoms with Gasteiger partial charge in [-0.05, 0) is 13.3 Å². The lowest BCUT2D eigenvalue weighted by Crippen LogP contribution is -2.18. The molecule has 0 aliphatic rings. The highest BCUT2D eigenvalue weighted by molar-refractivity contribution is 7.71. The maximum atomic E-state index is 11.8. The Bertz CT molecular complexity index is 457. The summed E-state index contributed by atoms with van der Waals surface area (Å²) in [5.41, 5.74) is 1.87. The number of hydrogen-bond donors (Lipinski definition) is 1. The SMILES string of the molecule is CCc1c(C)[nH]c(CCOCC(F)(F)F)nc1=S. The van der Waals surface area contributed by atoms with E-state index in [1.807, 2.05) is 13.8 Å². The molecule has 1 aromatic rings. The molecule has 0 aromatic carbocycles. The second kappa shape index (κ2) is 6.29. The van der Waals surface area contributed by atoms with Crippen LogP contribution in [0.1, 0.15) is 24.0 Å². The molecule has 0 spiro atoms. The molecule has 0 unspecified atom stereocenters. The molecule has 0 aliphatic carbocycles. The van der Waals surface area contributed by atoms with Crippen LogP contribution in [0.2, 0.25) is 0 Å². The highest BCUT2D eigenvalue weighted by atomic mass is 32.1. The van der Waals surface area contributed by atoms with E-state index in [2.05, 4.69) is 14.7 Å². The minimum Gasteiger partial charge on any atom is -0.372 e. The van der Waals surface area contributed by atoms with Crippen molar-refractivity contribution < 1.29 is 17.9 Å². The van der Waals surface area contributed by atoms with Crippen LogP contribution in [0.15, 0.2) is 0 Å². The molecule has 1 aromatic heterocycles. The van der Waals surface area contributed by atoms with Crippen LogP contribution >= 0.6 is 12.2 Å². The summed E-state index contributed by atoms with van der Waals surface area (Å²) >= 11 is 5.11. The van der Waals surface area contributed by atoms with Crippen molar-refractivity contribution in [3.8, 4) is 0 Å². The summed E-state index contributed by atoms with van der Waals surface area (Å²) in [7, 11) is 0. The number of rotatable bonds is 5. The summed E-state index contributed by atoms with van der Waals surface area (Å²) in [4.78, 5) is 7.16. The summed E-state index contributed by atoms with van der Waals surface area (Å²) in [6.07, 6.45) is -3.23. The zero-order valence-corrected chi connectivity index (χ0v) is 11.0. The molecule has 0 aliphatic heterocycles. The van der Waals surface area contributed by atoms with Gasteiger partial charge in [0.25, 0.3) is 0 Å². The lowest BCUT2D eigenvalue weighted by atomic mass is 10.2. The Balaban J connectivity index is 2.56. The van der Waals surface area contributed by atoms with Crippen LogP contribution < -0.4 is 0 Å². The molecule has 0 saturated carbocycles. The monoisotopic (exact) mass is 280 g/mol. The van der Waals surface area contributed by atoms with E-state index in [-0.39, 0.29) is 13.0 Å². The number of aryl methyl sites for hydroxylation is 1. The number of nitrogens with zero attached hydrogens (tertiary/aromatic N) is 1. The maximum absolute atomic E-state index is 11.8. The Hall–Kier alpha value is -0.950. The van der Waals surface area contributed by atoms with E-state index in [9.17, 15) is 13.2 Å². The number of aromatic amines is 1. The molecule has 1 rings (SSSR count). The third-order valence-corrected chi connectivity index (χ3v) is 2.72. The molecule has 1 N–H and O–H groups in total. The Morgan fingerprint density at radius 1 is 1.39 bits per heavy atom. The Morgan fingerprint density at radius 3 is 2.56 bits per heavy atom. The molecular weight excluding hydrogens is 265 g/mol. The van der Waals surface area contributed by atoms with Crippen LogP contribution in [0, 0.1) is 11.6 Å². The lowest BCUT2D eigenvalue weighted by molar-refractivity contribution is -0.173. The third kappa shape index (κ3) is 4.73. The summed E-state index contributed by atoms with van der Waals surface area (Å²) in [5, 5.41) is 0. The average molecular weight is 280 g/mol. The minimum atomic E-state index is -4.29. The largest absolute Gasteiger partial charge is 0.411 e. The molecule has 0 fully saturated rings. The van der Waals surface area contributed by atoms with Gasteiger partial charge in [-0.2, -0.15) is 13.2 Å². The molecule has 1 heterocycles. The number of nitrogens with one attached hydrogen (secondary N) is 1. The number of aromatic nitrogens is 2. The highest BCUT2D eigenvalue weighted by Crippen LogP contribution is 2.14. The van der Waals surface area contributed by atoms with E-state index in [0.29, 0.717) is 10.5 Å². The van der Waals surface area contributed by atoms with E-state index in [1.165, 1.54) is 0 Å². The number of hydrogen-bond acceptors (Lipinski definition) is 3. The zero-order chi connectivity index (χ0) is 13.8. The molecule has 0 saturated heterocycles. The van der Waals surface area contributed by atoms with Gasteiger partial charge in [0.15, 0.2) is 0 Å². The predicted octanol–water partition coefficient (Wildman–Crippen LogP) is 3.13. The van der Waals surface area contributed by atoms with Crippen molar-refractivity contribution in [2.75, 3.05) is 13.2 Å². The van der Waals surface area contributed by atoms with Gasteiger partial charge in [-0.25, -0.2) is 4.98 Å². The van der Waals surface area contributed by atoms with Gasteiger partial charge in [-0.3, -0.25) is 0 Å². The fourth-order valence-corrected chi connectivity index (χ4v) is 1.97. The van der Waals surface area contributed by atoms with Gasteiger partial charge in [-0.15, -0.1) is 0 Å². The fourth-order valence-electron chi connectivity index (χ4n) is 1.56. The highest BCUT2D eigenvalue weighted by Gasteiger charge is 2.27. The van der Waals surface area contributed by atoms with Gasteiger partial charge in [0.2, 0.25) is 0 Å². The Morgan fingerprint density at radius 2 is 2.06 bits per heavy atom. The number of halogens is 3. The first-order valence-corrected chi connectivity index (χ1v) is 5.97. The van der Waals surface area contributed by atoms with Crippen molar-refractivity contribution in [3.63, 3.8) is 0 Å². The summed E-state index contributed by atoms with van der Waals surface area (Å²) in [5.74, 6) is 0.553. The number of ether oxygens (including phenoxy) is 1. The quantitative estimate of drug-likeness (QED) is 0.665. The van der Waals surface area contributed by atoms with Crippen molar-refractivity contribution in [3.05, 3.63) is 21.7 Å². The second-order valence-corrected chi connectivity index (χ2v) is 4.25. The van der Waals surface area contributed by atoms with Crippen molar-refractivity contribution in [2.24, 2.45) is 0 Å². The van der Waals surface area contributed by atoms with Crippen molar-refractivity contribution in [1.29, 1.82) is 0 Å². The average Bonchev–Trinajstić information content (AvgIpc) is 2.23. The predicted molar refractivity (Wildman–Crippen MR) is 64.1 cm³/mol. The first-order valence-electron chi connectivity index (χ1n) is 5.56. The zero-order valence-electron chi connectivity index (χ0n) is 10.2. The van der Waals surface area contributed by atoms with Crippen LogP contribution in [0.4, 0.5) is 13.2 Å². The molecule has 18 heavy (non-hydrogen) atoms. The van der Waals surface area contributed by atoms with Gasteiger partial charge in [-0.1, -0.05) is 19.1 Å². The number of H-pyrrole nitrogens is 1. The lowest BCUT2D eigenvalue weighted by Gasteiger charge is -2.09. The first kappa shape index (κ1) is 15.1. The van der Waals surface area contributed by atoms with Crippen LogP contribution in [-0.4, -0.2) is 29.4 Å². The summed E-state index contributed by atoms with van der Waals surface area (Å²) in [6.45, 7) is 2.57. The standard InChI is InChI=1S/C11H15F3N2OS/c1-3-8-7(2)15-9(16-10(8)18)4-5-17-6-11(12,13)14/h3-6H2,1-2H3,(H,15,16,18). The van der Waals surface area contributed by atoms with Crippen LogP contribution in [0.5, 0.6) is 0 Å². The van der Waals surface area contributed by atoms with Gasteiger partial charge < -0.3 is 9.72 Å². The molecule has 7 heteroatoms. The molecule has 0 bridgehead atoms. The van der Waals surface area contributed by atoms with Crippen molar-refractivity contribution >= 4 is 12.2 Å². The third-order valence-electron chi connectivity index (χ3n) is 2.38. The number of alkyl halides is 3. The molecule has 0 amide bonds. The molecule has 3 nitrogen and oxygen atoms in total. The van der Waals surface area contributed by atoms with Gasteiger partial charge in [0, 0.05) is 17.7 Å². The Labute approximate surface area is 108 Å². The molecule has 102 valence electrons. The van der Waals surface area contributed by atoms with E-state index < -0.39 is 12.8 Å². The summed E-state index contributed by atoms with van der Waals surface area (Å²) in [6, 6.07) is 0. The van der Waals surface area contributed by atoms with Crippen LogP contribution in [0.25, 0.3) is 0 Å². The van der Waals surface area contributed by atoms with E-state index >= 15 is 0 Å². The van der Waals surface area contributed by atoms with E-state index in [4.69, 9.17) is 12.2 Å². The summed E-state index contributed by atoms with van der Waals surface area (Å²) < 4.78 is 40.5. The molecular formula is C11H15F3N2OS. The first-order chi connectivity index (χ1) is 8.33.